The fraction of sp³-hybridized carbons (Fsp3) is 0.632. The first kappa shape index (κ1) is 16.1. The molecule has 0 aromatic carbocycles. The number of carbonyl (C=O) groups is 2. The molecule has 138 valence electrons. The average molecular weight is 356 g/mol. The third kappa shape index (κ3) is 2.06. The number of fused-ring (bicyclic) bond motifs is 2. The third-order valence-electron chi connectivity index (χ3n) is 6.28. The number of aromatic nitrogens is 2. The van der Waals surface area contributed by atoms with E-state index in [0.29, 0.717) is 6.54 Å². The van der Waals surface area contributed by atoms with E-state index in [-0.39, 0.29) is 24.0 Å². The molecule has 7 heteroatoms. The van der Waals surface area contributed by atoms with Gasteiger partial charge in [0.1, 0.15) is 17.2 Å². The highest BCUT2D eigenvalue weighted by Gasteiger charge is 2.67. The molecule has 26 heavy (non-hydrogen) atoms. The molecule has 0 radical (unpaired) electrons. The number of rotatable bonds is 3. The first-order valence-electron chi connectivity index (χ1n) is 9.53. The predicted octanol–water partition coefficient (Wildman–Crippen LogP) is 1.35. The number of nitrogens with one attached hydrogen (secondary N) is 1. The van der Waals surface area contributed by atoms with E-state index in [1.54, 1.807) is 6.20 Å². The Labute approximate surface area is 152 Å². The van der Waals surface area contributed by atoms with E-state index in [4.69, 9.17) is 4.74 Å². The molecular weight excluding hydrogens is 332 g/mol. The van der Waals surface area contributed by atoms with Gasteiger partial charge in [-0.15, -0.1) is 0 Å². The Morgan fingerprint density at radius 1 is 1.42 bits per heavy atom. The van der Waals surface area contributed by atoms with E-state index < -0.39 is 17.4 Å². The van der Waals surface area contributed by atoms with Crippen molar-refractivity contribution in [3.8, 4) is 0 Å². The number of carbonyl (C=O) groups excluding carboxylic acids is 2. The average Bonchev–Trinajstić information content (AvgIpc) is 3.35. The van der Waals surface area contributed by atoms with Gasteiger partial charge in [-0.2, -0.15) is 0 Å². The Balaban J connectivity index is 1.42. The van der Waals surface area contributed by atoms with Gasteiger partial charge in [-0.05, 0) is 26.7 Å². The molecule has 2 bridgehead atoms. The van der Waals surface area contributed by atoms with Crippen molar-refractivity contribution in [2.24, 2.45) is 11.8 Å². The summed E-state index contributed by atoms with van der Waals surface area (Å²) < 4.78 is 8.22. The zero-order valence-electron chi connectivity index (χ0n) is 15.1. The highest BCUT2D eigenvalue weighted by atomic mass is 16.5. The summed E-state index contributed by atoms with van der Waals surface area (Å²) >= 11 is 0. The van der Waals surface area contributed by atoms with Crippen LogP contribution in [0.3, 0.4) is 0 Å². The summed E-state index contributed by atoms with van der Waals surface area (Å²) in [6.45, 7) is 5.41. The minimum absolute atomic E-state index is 0.0299. The topological polar surface area (TPSA) is 76.5 Å². The van der Waals surface area contributed by atoms with Crippen LogP contribution >= 0.6 is 0 Å². The number of ether oxygens (including phenoxy) is 1. The van der Waals surface area contributed by atoms with Crippen LogP contribution in [0.15, 0.2) is 18.3 Å². The van der Waals surface area contributed by atoms with Crippen LogP contribution in [0.5, 0.6) is 0 Å². The number of hydrogen-bond acceptors (Lipinski definition) is 4. The summed E-state index contributed by atoms with van der Waals surface area (Å²) in [7, 11) is 0. The van der Waals surface area contributed by atoms with Crippen molar-refractivity contribution in [3.05, 3.63) is 24.2 Å². The van der Waals surface area contributed by atoms with E-state index in [0.717, 1.165) is 37.4 Å². The Morgan fingerprint density at radius 3 is 3.08 bits per heavy atom. The molecule has 1 aromatic rings. The first-order valence-corrected chi connectivity index (χ1v) is 9.53. The van der Waals surface area contributed by atoms with Crippen LogP contribution in [0.1, 0.15) is 32.5 Å². The van der Waals surface area contributed by atoms with Crippen molar-refractivity contribution in [1.82, 2.24) is 14.5 Å². The standard InChI is InChI=1S/C19H24N4O3/c1-11(2)23-10-19-7-6-12(26-19)15(16(19)18(23)25)17(24)21-14-9-20-13-5-3-4-8-22(13)14/h6-7,9,11-12,15-16H,3-5,8,10H2,1-2H3,(H,21,24)/t12-,15-,16+,19-/m0/s1. The molecular formula is C19H24N4O3. The van der Waals surface area contributed by atoms with Crippen molar-refractivity contribution < 1.29 is 14.3 Å². The summed E-state index contributed by atoms with van der Waals surface area (Å²) in [6.07, 6.45) is 8.53. The van der Waals surface area contributed by atoms with Crippen molar-refractivity contribution in [2.75, 3.05) is 11.9 Å². The molecule has 2 saturated heterocycles. The molecule has 2 fully saturated rings. The van der Waals surface area contributed by atoms with Crippen LogP contribution in [-0.2, 0) is 27.3 Å². The summed E-state index contributed by atoms with van der Waals surface area (Å²) in [5, 5.41) is 3.03. The minimum Gasteiger partial charge on any atom is -0.360 e. The summed E-state index contributed by atoms with van der Waals surface area (Å²) in [4.78, 5) is 32.3. The predicted molar refractivity (Wildman–Crippen MR) is 94.4 cm³/mol. The normalized spacial score (nSPS) is 34.5. The highest BCUT2D eigenvalue weighted by molar-refractivity contribution is 5.98. The minimum atomic E-state index is -0.634. The Kier molecular flexibility index (Phi) is 3.35. The molecule has 0 unspecified atom stereocenters. The van der Waals surface area contributed by atoms with Gasteiger partial charge in [0, 0.05) is 19.0 Å². The van der Waals surface area contributed by atoms with E-state index in [9.17, 15) is 9.59 Å². The Hall–Kier alpha value is -2.15. The van der Waals surface area contributed by atoms with Crippen molar-refractivity contribution in [2.45, 2.75) is 57.4 Å². The van der Waals surface area contributed by atoms with Gasteiger partial charge in [0.25, 0.3) is 0 Å². The lowest BCUT2D eigenvalue weighted by Crippen LogP contribution is -2.42. The van der Waals surface area contributed by atoms with Gasteiger partial charge in [-0.1, -0.05) is 12.2 Å². The van der Waals surface area contributed by atoms with Crippen molar-refractivity contribution >= 4 is 17.6 Å². The van der Waals surface area contributed by atoms with Crippen molar-refractivity contribution in [3.63, 3.8) is 0 Å². The van der Waals surface area contributed by atoms with Gasteiger partial charge < -0.3 is 19.5 Å². The highest BCUT2D eigenvalue weighted by Crippen LogP contribution is 2.52. The molecule has 5 rings (SSSR count). The van der Waals surface area contributed by atoms with Gasteiger partial charge in [0.15, 0.2) is 0 Å². The molecule has 4 atom stereocenters. The number of likely N-dealkylation sites (tertiary alicyclic amines) is 1. The van der Waals surface area contributed by atoms with Gasteiger partial charge in [0.2, 0.25) is 11.8 Å². The fourth-order valence-electron chi connectivity index (χ4n) is 4.99. The molecule has 1 spiro atoms. The first-order chi connectivity index (χ1) is 12.5. The Morgan fingerprint density at radius 2 is 2.27 bits per heavy atom. The molecule has 1 N–H and O–H groups in total. The lowest BCUT2D eigenvalue weighted by molar-refractivity contribution is -0.137. The van der Waals surface area contributed by atoms with Gasteiger partial charge in [0.05, 0.1) is 30.7 Å². The molecule has 4 aliphatic rings. The lowest BCUT2D eigenvalue weighted by Gasteiger charge is -2.25. The zero-order valence-corrected chi connectivity index (χ0v) is 15.1. The number of nitrogens with zero attached hydrogens (tertiary/aromatic N) is 3. The van der Waals surface area contributed by atoms with Crippen molar-refractivity contribution in [1.29, 1.82) is 0 Å². The van der Waals surface area contributed by atoms with Gasteiger partial charge in [-0.3, -0.25) is 9.59 Å². The molecule has 7 nitrogen and oxygen atoms in total. The molecule has 5 heterocycles. The molecule has 1 aromatic heterocycles. The lowest BCUT2D eigenvalue weighted by atomic mass is 9.77. The maximum Gasteiger partial charge on any atom is 0.232 e. The molecule has 0 aliphatic carbocycles. The van der Waals surface area contributed by atoms with E-state index >= 15 is 0 Å². The Bertz CT molecular complexity index is 814. The monoisotopic (exact) mass is 356 g/mol. The SMILES string of the molecule is CC(C)N1C[C@]23C=C[C@H](O2)[C@H](C(=O)Nc2cnc4n2CCCC4)[C@@H]3C1=O. The number of hydrogen-bond donors (Lipinski definition) is 1. The van der Waals surface area contributed by atoms with Crippen LogP contribution in [-0.4, -0.2) is 50.6 Å². The van der Waals surface area contributed by atoms with E-state index in [1.165, 1.54) is 0 Å². The maximum atomic E-state index is 13.1. The number of imidazole rings is 1. The third-order valence-corrected chi connectivity index (χ3v) is 6.28. The fourth-order valence-corrected chi connectivity index (χ4v) is 4.99. The number of aryl methyl sites for hydroxylation is 1. The summed E-state index contributed by atoms with van der Waals surface area (Å²) in [5.74, 6) is 0.738. The largest absolute Gasteiger partial charge is 0.360 e. The zero-order chi connectivity index (χ0) is 18.1. The van der Waals surface area contributed by atoms with E-state index in [2.05, 4.69) is 14.9 Å². The van der Waals surface area contributed by atoms with Crippen LogP contribution in [0.4, 0.5) is 5.82 Å². The van der Waals surface area contributed by atoms with Crippen LogP contribution in [0.2, 0.25) is 0 Å². The summed E-state index contributed by atoms with van der Waals surface area (Å²) in [6, 6.07) is 0.101. The second-order valence-electron chi connectivity index (χ2n) is 8.12. The number of amides is 2. The molecule has 2 amide bonds. The second-order valence-corrected chi connectivity index (χ2v) is 8.12. The van der Waals surface area contributed by atoms with Crippen LogP contribution in [0, 0.1) is 11.8 Å². The summed E-state index contributed by atoms with van der Waals surface area (Å²) in [5.41, 5.74) is -0.634. The second kappa shape index (κ2) is 5.42. The molecule has 4 aliphatic heterocycles. The maximum absolute atomic E-state index is 13.1. The van der Waals surface area contributed by atoms with Crippen LogP contribution < -0.4 is 5.32 Å². The number of anilines is 1. The van der Waals surface area contributed by atoms with E-state index in [1.807, 2.05) is 30.9 Å². The van der Waals surface area contributed by atoms with Gasteiger partial charge in [-0.25, -0.2) is 4.98 Å². The van der Waals surface area contributed by atoms with Gasteiger partial charge >= 0.3 is 0 Å². The quantitative estimate of drug-likeness (QED) is 0.830. The smallest absolute Gasteiger partial charge is 0.232 e. The van der Waals surface area contributed by atoms with Crippen LogP contribution in [0.25, 0.3) is 0 Å². The molecule has 0 saturated carbocycles.